The standard InChI is InChI=1S/C19H17F2NO5/c1-8-10(5-6-13(22-8)18(20)21)16(24)14-15(23)9-3-4-11(17(14)25)12(7-9)19(26)27-2/h4-6,9,12,14,18H,3,7H2,1-2H3. The van der Waals surface area contributed by atoms with Crippen LogP contribution >= 0.6 is 0 Å². The highest BCUT2D eigenvalue weighted by Crippen LogP contribution is 2.39. The van der Waals surface area contributed by atoms with Crippen molar-refractivity contribution in [1.29, 1.82) is 0 Å². The average molecular weight is 377 g/mol. The molecule has 8 heteroatoms. The number of aromatic nitrogens is 1. The topological polar surface area (TPSA) is 90.4 Å². The Bertz CT molecular complexity index is 877. The van der Waals surface area contributed by atoms with E-state index in [-0.39, 0.29) is 29.7 Å². The predicted octanol–water partition coefficient (Wildman–Crippen LogP) is 2.40. The first kappa shape index (κ1) is 19.0. The molecule has 0 saturated heterocycles. The Labute approximate surface area is 153 Å². The number of nitrogens with zero attached hydrogens (tertiary/aromatic N) is 1. The van der Waals surface area contributed by atoms with Gasteiger partial charge in [-0.1, -0.05) is 6.08 Å². The molecule has 1 fully saturated rings. The molecule has 0 aliphatic heterocycles. The number of methoxy groups -OCH3 is 1. The number of carbonyl (C=O) groups is 4. The highest BCUT2D eigenvalue weighted by molar-refractivity contribution is 6.30. The molecule has 0 aromatic carbocycles. The number of ketones is 3. The Kier molecular flexibility index (Phi) is 4.99. The Balaban J connectivity index is 1.99. The number of aryl methyl sites for hydroxylation is 1. The molecule has 3 unspecified atom stereocenters. The molecule has 0 amide bonds. The van der Waals surface area contributed by atoms with Gasteiger partial charge in [-0.3, -0.25) is 24.2 Å². The smallest absolute Gasteiger partial charge is 0.313 e. The lowest BCUT2D eigenvalue weighted by atomic mass is 9.82. The van der Waals surface area contributed by atoms with Gasteiger partial charge in [0, 0.05) is 22.7 Å². The van der Waals surface area contributed by atoms with Crippen LogP contribution in [0.15, 0.2) is 23.8 Å². The van der Waals surface area contributed by atoms with Gasteiger partial charge in [0.15, 0.2) is 17.3 Å². The number of hydrogen-bond acceptors (Lipinski definition) is 6. The van der Waals surface area contributed by atoms with Gasteiger partial charge in [-0.2, -0.15) is 0 Å². The molecule has 3 atom stereocenters. The molecule has 1 saturated carbocycles. The lowest BCUT2D eigenvalue weighted by Gasteiger charge is -2.21. The van der Waals surface area contributed by atoms with Gasteiger partial charge >= 0.3 is 5.97 Å². The fourth-order valence-electron chi connectivity index (χ4n) is 3.69. The van der Waals surface area contributed by atoms with Gasteiger partial charge in [0.05, 0.1) is 13.0 Å². The van der Waals surface area contributed by atoms with E-state index in [0.29, 0.717) is 0 Å². The third-order valence-corrected chi connectivity index (χ3v) is 5.10. The molecule has 1 aromatic heterocycles. The Morgan fingerprint density at radius 2 is 1.96 bits per heavy atom. The molecular weight excluding hydrogens is 360 g/mol. The monoisotopic (exact) mass is 377 g/mol. The van der Waals surface area contributed by atoms with Crippen LogP contribution in [0.4, 0.5) is 8.78 Å². The zero-order valence-corrected chi connectivity index (χ0v) is 14.7. The summed E-state index contributed by atoms with van der Waals surface area (Å²) >= 11 is 0. The van der Waals surface area contributed by atoms with Crippen molar-refractivity contribution in [2.45, 2.75) is 26.2 Å². The van der Waals surface area contributed by atoms with Gasteiger partial charge in [-0.15, -0.1) is 0 Å². The third kappa shape index (κ3) is 3.20. The summed E-state index contributed by atoms with van der Waals surface area (Å²) in [6.07, 6.45) is -0.877. The van der Waals surface area contributed by atoms with E-state index in [1.54, 1.807) is 0 Å². The zero-order valence-electron chi connectivity index (χ0n) is 14.7. The molecule has 3 aliphatic rings. The number of pyridine rings is 1. The maximum atomic E-state index is 12.9. The van der Waals surface area contributed by atoms with E-state index in [9.17, 15) is 28.0 Å². The van der Waals surface area contributed by atoms with Crippen LogP contribution in [-0.4, -0.2) is 35.4 Å². The fraction of sp³-hybridized carbons (Fsp3) is 0.421. The molecule has 0 N–H and O–H groups in total. The number of Topliss-reactive ketones (excluding diaryl/α,β-unsaturated/α-hetero) is 3. The number of carbonyl (C=O) groups excluding carboxylic acids is 4. The van der Waals surface area contributed by atoms with Gasteiger partial charge in [-0.05, 0) is 31.9 Å². The first-order chi connectivity index (χ1) is 12.8. The van der Waals surface area contributed by atoms with Crippen molar-refractivity contribution in [1.82, 2.24) is 4.98 Å². The van der Waals surface area contributed by atoms with E-state index in [1.807, 2.05) is 0 Å². The summed E-state index contributed by atoms with van der Waals surface area (Å²) in [7, 11) is 1.19. The van der Waals surface area contributed by atoms with Gasteiger partial charge < -0.3 is 4.74 Å². The van der Waals surface area contributed by atoms with Crippen molar-refractivity contribution in [3.63, 3.8) is 0 Å². The van der Waals surface area contributed by atoms with Crippen molar-refractivity contribution in [3.05, 3.63) is 40.7 Å². The van der Waals surface area contributed by atoms with E-state index in [1.165, 1.54) is 20.1 Å². The van der Waals surface area contributed by atoms with Crippen molar-refractivity contribution in [2.75, 3.05) is 7.11 Å². The minimum Gasteiger partial charge on any atom is -0.469 e. The number of fused-ring (bicyclic) bond motifs is 4. The van der Waals surface area contributed by atoms with E-state index in [2.05, 4.69) is 4.98 Å². The maximum absolute atomic E-state index is 12.9. The summed E-state index contributed by atoms with van der Waals surface area (Å²) in [6.45, 7) is 1.37. The molecule has 142 valence electrons. The first-order valence-corrected chi connectivity index (χ1v) is 8.42. The fourth-order valence-corrected chi connectivity index (χ4v) is 3.69. The second kappa shape index (κ2) is 7.09. The normalized spacial score (nSPS) is 24.6. The molecular formula is C19H17F2NO5. The van der Waals surface area contributed by atoms with Crippen LogP contribution in [0, 0.1) is 24.7 Å². The second-order valence-electron chi connectivity index (χ2n) is 6.64. The van der Waals surface area contributed by atoms with E-state index < -0.39 is 53.2 Å². The zero-order chi connectivity index (χ0) is 19.9. The predicted molar refractivity (Wildman–Crippen MR) is 88.1 cm³/mol. The van der Waals surface area contributed by atoms with Crippen LogP contribution in [0.25, 0.3) is 0 Å². The molecule has 0 radical (unpaired) electrons. The number of esters is 1. The second-order valence-corrected chi connectivity index (χ2v) is 6.64. The van der Waals surface area contributed by atoms with E-state index in [4.69, 9.17) is 4.74 Å². The number of allylic oxidation sites excluding steroid dienone is 1. The van der Waals surface area contributed by atoms with Crippen LogP contribution < -0.4 is 0 Å². The summed E-state index contributed by atoms with van der Waals surface area (Å²) in [5.74, 6) is -5.79. The molecule has 2 bridgehead atoms. The van der Waals surface area contributed by atoms with Crippen LogP contribution in [0.5, 0.6) is 0 Å². The van der Waals surface area contributed by atoms with E-state index >= 15 is 0 Å². The minimum absolute atomic E-state index is 0.0218. The molecule has 0 spiro atoms. The number of hydrogen-bond donors (Lipinski definition) is 0. The van der Waals surface area contributed by atoms with Gasteiger partial charge in [0.1, 0.15) is 11.6 Å². The maximum Gasteiger partial charge on any atom is 0.313 e. The molecule has 3 aliphatic carbocycles. The number of halogens is 2. The molecule has 4 rings (SSSR count). The van der Waals surface area contributed by atoms with Crippen LogP contribution in [-0.2, 0) is 19.1 Å². The molecule has 1 aromatic rings. The van der Waals surface area contributed by atoms with Crippen molar-refractivity contribution >= 4 is 23.3 Å². The minimum atomic E-state index is -2.80. The number of ether oxygens (including phenoxy) is 1. The summed E-state index contributed by atoms with van der Waals surface area (Å²) in [4.78, 5) is 54.3. The van der Waals surface area contributed by atoms with E-state index in [0.717, 1.165) is 12.1 Å². The average Bonchev–Trinajstić information content (AvgIpc) is 2.83. The molecule has 6 nitrogen and oxygen atoms in total. The van der Waals surface area contributed by atoms with Gasteiger partial charge in [-0.25, -0.2) is 8.78 Å². The first-order valence-electron chi connectivity index (χ1n) is 8.42. The Hall–Kier alpha value is -2.77. The Morgan fingerprint density at radius 3 is 2.56 bits per heavy atom. The lowest BCUT2D eigenvalue weighted by molar-refractivity contribution is -0.145. The van der Waals surface area contributed by atoms with Crippen LogP contribution in [0.1, 0.15) is 41.0 Å². The van der Waals surface area contributed by atoms with Gasteiger partial charge in [0.25, 0.3) is 6.43 Å². The third-order valence-electron chi connectivity index (χ3n) is 5.10. The largest absolute Gasteiger partial charge is 0.469 e. The van der Waals surface area contributed by atoms with Crippen molar-refractivity contribution in [3.8, 4) is 0 Å². The van der Waals surface area contributed by atoms with Crippen molar-refractivity contribution < 1.29 is 32.7 Å². The van der Waals surface area contributed by atoms with Crippen LogP contribution in [0.2, 0.25) is 0 Å². The quantitative estimate of drug-likeness (QED) is 0.455. The van der Waals surface area contributed by atoms with Crippen LogP contribution in [0.3, 0.4) is 0 Å². The molecule has 1 heterocycles. The van der Waals surface area contributed by atoms with Crippen molar-refractivity contribution in [2.24, 2.45) is 17.8 Å². The summed E-state index contributed by atoms with van der Waals surface area (Å²) in [6, 6.07) is 2.16. The summed E-state index contributed by atoms with van der Waals surface area (Å²) in [5, 5.41) is 0. The summed E-state index contributed by atoms with van der Waals surface area (Å²) in [5.41, 5.74) is -0.413. The highest BCUT2D eigenvalue weighted by Gasteiger charge is 2.49. The number of alkyl halides is 2. The lowest BCUT2D eigenvalue weighted by Crippen LogP contribution is -2.34. The highest BCUT2D eigenvalue weighted by atomic mass is 19.3. The SMILES string of the molecule is COC(=O)C1CC2CC=C1C(=O)C(C(=O)c1ccc(C(F)F)nc1C)C2=O. The van der Waals surface area contributed by atoms with Gasteiger partial charge in [0.2, 0.25) is 0 Å². The number of rotatable bonds is 4. The summed E-state index contributed by atoms with van der Waals surface area (Å²) < 4.78 is 30.2. The molecule has 27 heavy (non-hydrogen) atoms. The Morgan fingerprint density at radius 1 is 1.26 bits per heavy atom.